The van der Waals surface area contributed by atoms with Crippen molar-refractivity contribution in [1.82, 2.24) is 10.2 Å². The van der Waals surface area contributed by atoms with Crippen molar-refractivity contribution in [2.24, 2.45) is 57.7 Å². The van der Waals surface area contributed by atoms with Gasteiger partial charge < -0.3 is 10.2 Å². The SMILES string of the molecule is C=C(C)C1(C)C2C3CCC4C5CCC(=O)CC5CCC4C3CCC2(NCCN2CCC(S(C)(=O)=O)CC2)C(C)(C)C1(C)C. The summed E-state index contributed by atoms with van der Waals surface area (Å²) in [6.45, 7) is 23.6. The molecule has 0 aromatic heterocycles. The van der Waals surface area contributed by atoms with Crippen molar-refractivity contribution >= 4 is 15.6 Å². The Hall–Kier alpha value is -0.720. The molecule has 1 saturated heterocycles. The molecule has 5 saturated carbocycles. The molecule has 0 aromatic rings. The normalized spacial score (nSPS) is 44.6. The van der Waals surface area contributed by atoms with Crippen LogP contribution < -0.4 is 5.32 Å². The molecule has 6 rings (SSSR count). The number of nitrogens with zero attached hydrogens (tertiary/aromatic N) is 1. The van der Waals surface area contributed by atoms with Crippen LogP contribution >= 0.6 is 0 Å². The molecule has 0 amide bonds. The molecule has 9 unspecified atom stereocenters. The minimum atomic E-state index is -2.94. The van der Waals surface area contributed by atoms with E-state index in [1.54, 1.807) is 0 Å². The van der Waals surface area contributed by atoms with Gasteiger partial charge in [0, 0.05) is 37.7 Å². The van der Waals surface area contributed by atoms with E-state index in [-0.39, 0.29) is 27.0 Å². The van der Waals surface area contributed by atoms with Gasteiger partial charge in [-0.15, -0.1) is 0 Å². The highest BCUT2D eigenvalue weighted by Crippen LogP contribution is 2.77. The van der Waals surface area contributed by atoms with Gasteiger partial charge in [0.1, 0.15) is 15.6 Å². The van der Waals surface area contributed by atoms with E-state index in [0.717, 1.165) is 87.9 Å². The highest BCUT2D eigenvalue weighted by Gasteiger charge is 2.76. The number of allylic oxidation sites excluding steroid dienone is 1. The molecule has 0 aromatic carbocycles. The average Bonchev–Trinajstić information content (AvgIpc) is 3.05. The zero-order valence-corrected chi connectivity index (χ0v) is 29.3. The van der Waals surface area contributed by atoms with E-state index in [2.05, 4.69) is 51.8 Å². The zero-order valence-electron chi connectivity index (χ0n) is 28.5. The number of nitrogens with one attached hydrogen (secondary N) is 1. The third-order valence-electron chi connectivity index (χ3n) is 16.1. The van der Waals surface area contributed by atoms with Crippen molar-refractivity contribution < 1.29 is 13.2 Å². The first-order chi connectivity index (χ1) is 20.1. The molecule has 43 heavy (non-hydrogen) atoms. The molecule has 9 atom stereocenters. The van der Waals surface area contributed by atoms with Gasteiger partial charge in [-0.2, -0.15) is 0 Å². The maximum absolute atomic E-state index is 12.3. The lowest BCUT2D eigenvalue weighted by atomic mass is 9.45. The van der Waals surface area contributed by atoms with E-state index in [1.165, 1.54) is 50.4 Å². The van der Waals surface area contributed by atoms with Gasteiger partial charge in [-0.3, -0.25) is 4.79 Å². The number of ketones is 1. The fourth-order valence-electron chi connectivity index (χ4n) is 13.0. The summed E-state index contributed by atoms with van der Waals surface area (Å²) in [5.41, 5.74) is 1.63. The first-order valence-electron chi connectivity index (χ1n) is 17.9. The molecular formula is C37H62N2O3S. The van der Waals surface area contributed by atoms with Gasteiger partial charge in [-0.1, -0.05) is 46.8 Å². The summed E-state index contributed by atoms with van der Waals surface area (Å²) in [6.07, 6.45) is 13.7. The highest BCUT2D eigenvalue weighted by atomic mass is 32.2. The van der Waals surface area contributed by atoms with E-state index in [4.69, 9.17) is 6.58 Å². The van der Waals surface area contributed by atoms with Crippen molar-refractivity contribution in [3.8, 4) is 0 Å². The van der Waals surface area contributed by atoms with Crippen molar-refractivity contribution in [3.63, 3.8) is 0 Å². The number of Topliss-reactive ketones (excluding diaryl/α,β-unsaturated/α-hetero) is 1. The summed E-state index contributed by atoms with van der Waals surface area (Å²) in [4.78, 5) is 14.8. The summed E-state index contributed by atoms with van der Waals surface area (Å²) in [6, 6.07) is 0. The Morgan fingerprint density at radius 1 is 0.860 bits per heavy atom. The quantitative estimate of drug-likeness (QED) is 0.329. The summed E-state index contributed by atoms with van der Waals surface area (Å²) >= 11 is 0. The number of hydrogen-bond donors (Lipinski definition) is 1. The van der Waals surface area contributed by atoms with E-state index in [0.29, 0.717) is 17.6 Å². The number of carbonyl (C=O) groups is 1. The van der Waals surface area contributed by atoms with Gasteiger partial charge in [-0.05, 0) is 135 Å². The fourth-order valence-corrected chi connectivity index (χ4v) is 14.1. The molecule has 6 aliphatic rings. The van der Waals surface area contributed by atoms with E-state index in [1.807, 2.05) is 0 Å². The minimum absolute atomic E-state index is 0.0436. The van der Waals surface area contributed by atoms with Gasteiger partial charge in [0.05, 0.1) is 5.25 Å². The number of hydrogen-bond acceptors (Lipinski definition) is 5. The van der Waals surface area contributed by atoms with E-state index >= 15 is 0 Å². The average molecular weight is 615 g/mol. The molecule has 0 bridgehead atoms. The molecule has 5 nitrogen and oxygen atoms in total. The second kappa shape index (κ2) is 10.9. The van der Waals surface area contributed by atoms with Crippen LogP contribution in [-0.2, 0) is 14.6 Å². The molecule has 0 spiro atoms. The van der Waals surface area contributed by atoms with Gasteiger partial charge in [0.25, 0.3) is 0 Å². The van der Waals surface area contributed by atoms with Gasteiger partial charge in [0.2, 0.25) is 0 Å². The predicted octanol–water partition coefficient (Wildman–Crippen LogP) is 6.92. The van der Waals surface area contributed by atoms with Crippen LogP contribution in [0.25, 0.3) is 0 Å². The Kier molecular flexibility index (Phi) is 8.19. The predicted molar refractivity (Wildman–Crippen MR) is 177 cm³/mol. The summed E-state index contributed by atoms with van der Waals surface area (Å²) in [7, 11) is -2.94. The number of fused-ring (bicyclic) bond motifs is 7. The van der Waals surface area contributed by atoms with Gasteiger partial charge in [0.15, 0.2) is 0 Å². The molecule has 6 heteroatoms. The Morgan fingerprint density at radius 2 is 1.47 bits per heavy atom. The zero-order chi connectivity index (χ0) is 31.2. The van der Waals surface area contributed by atoms with Crippen LogP contribution in [0, 0.1) is 57.7 Å². The molecule has 5 aliphatic carbocycles. The minimum Gasteiger partial charge on any atom is -0.309 e. The van der Waals surface area contributed by atoms with Crippen LogP contribution in [0.1, 0.15) is 112 Å². The van der Waals surface area contributed by atoms with E-state index < -0.39 is 9.84 Å². The standard InChI is InChI=1S/C37H62N2O3S/c1-24(2)36(7)33-32-14-13-29-28-12-10-26(40)23-25(28)9-11-30(29)31(32)15-18-37(33,35(5,6)34(36,3)4)38-19-22-39-20-16-27(17-21-39)43(8,41)42/h25,27-33,38H,1,9-23H2,2-8H3. The number of rotatable bonds is 6. The number of carbonyl (C=O) groups excluding carboxylic acids is 1. The summed E-state index contributed by atoms with van der Waals surface area (Å²) < 4.78 is 24.2. The Balaban J connectivity index is 1.26. The molecule has 1 aliphatic heterocycles. The molecule has 6 fully saturated rings. The van der Waals surface area contributed by atoms with E-state index in [9.17, 15) is 13.2 Å². The lowest BCUT2D eigenvalue weighted by molar-refractivity contribution is -0.130. The third kappa shape index (κ3) is 4.71. The number of piperidine rings is 1. The fraction of sp³-hybridized carbons (Fsp3) is 0.919. The van der Waals surface area contributed by atoms with Crippen LogP contribution in [0.5, 0.6) is 0 Å². The van der Waals surface area contributed by atoms with Crippen LogP contribution in [0.15, 0.2) is 12.2 Å². The lowest BCUT2D eigenvalue weighted by Gasteiger charge is -2.62. The third-order valence-corrected chi connectivity index (χ3v) is 17.8. The topological polar surface area (TPSA) is 66.5 Å². The first-order valence-corrected chi connectivity index (χ1v) is 19.9. The van der Waals surface area contributed by atoms with Gasteiger partial charge in [-0.25, -0.2) is 8.42 Å². The molecule has 1 N–H and O–H groups in total. The van der Waals surface area contributed by atoms with Crippen LogP contribution in [0.2, 0.25) is 0 Å². The van der Waals surface area contributed by atoms with Crippen LogP contribution in [0.3, 0.4) is 0 Å². The largest absolute Gasteiger partial charge is 0.309 e. The maximum atomic E-state index is 12.3. The van der Waals surface area contributed by atoms with Crippen molar-refractivity contribution in [2.45, 2.75) is 123 Å². The Morgan fingerprint density at radius 3 is 2.12 bits per heavy atom. The second-order valence-electron chi connectivity index (χ2n) is 17.5. The molecule has 244 valence electrons. The summed E-state index contributed by atoms with van der Waals surface area (Å²) in [5, 5.41) is 4.19. The summed E-state index contributed by atoms with van der Waals surface area (Å²) in [5.74, 6) is 5.73. The first kappa shape index (κ1) is 32.2. The monoisotopic (exact) mass is 614 g/mol. The molecule has 0 radical (unpaired) electrons. The van der Waals surface area contributed by atoms with Crippen molar-refractivity contribution in [3.05, 3.63) is 12.2 Å². The number of likely N-dealkylation sites (tertiary alicyclic amines) is 1. The Bertz CT molecular complexity index is 1220. The number of sulfone groups is 1. The Labute approximate surface area is 263 Å². The second-order valence-corrected chi connectivity index (χ2v) is 19.9. The molecule has 1 heterocycles. The van der Waals surface area contributed by atoms with Crippen molar-refractivity contribution in [1.29, 1.82) is 0 Å². The lowest BCUT2D eigenvalue weighted by Crippen LogP contribution is -2.65. The molecular weight excluding hydrogens is 552 g/mol. The van der Waals surface area contributed by atoms with Crippen LogP contribution in [-0.4, -0.2) is 62.3 Å². The van der Waals surface area contributed by atoms with Gasteiger partial charge >= 0.3 is 0 Å². The van der Waals surface area contributed by atoms with Crippen LogP contribution in [0.4, 0.5) is 0 Å². The smallest absolute Gasteiger partial charge is 0.150 e. The maximum Gasteiger partial charge on any atom is 0.150 e. The van der Waals surface area contributed by atoms with Crippen molar-refractivity contribution in [2.75, 3.05) is 32.4 Å². The highest BCUT2D eigenvalue weighted by molar-refractivity contribution is 7.91.